The maximum atomic E-state index is 12.7. The fourth-order valence-corrected chi connectivity index (χ4v) is 5.06. The van der Waals surface area contributed by atoms with Crippen molar-refractivity contribution in [3.05, 3.63) is 47.5 Å². The van der Waals surface area contributed by atoms with E-state index in [1.165, 1.54) is 0 Å². The van der Waals surface area contributed by atoms with Gasteiger partial charge in [0.2, 0.25) is 0 Å². The monoisotopic (exact) mass is 315 g/mol. The molecule has 2 heterocycles. The lowest BCUT2D eigenvalue weighted by Gasteiger charge is -2.31. The summed E-state index contributed by atoms with van der Waals surface area (Å²) in [6.45, 7) is 0. The molecule has 6 heteroatoms. The van der Waals surface area contributed by atoms with Crippen molar-refractivity contribution in [1.29, 1.82) is 0 Å². The van der Waals surface area contributed by atoms with Gasteiger partial charge in [0.15, 0.2) is 9.84 Å². The zero-order chi connectivity index (χ0) is 15.5. The smallest absolute Gasteiger partial charge is 0.261 e. The predicted molar refractivity (Wildman–Crippen MR) is 81.5 cm³/mol. The van der Waals surface area contributed by atoms with Gasteiger partial charge in [0, 0.05) is 16.5 Å². The summed E-state index contributed by atoms with van der Waals surface area (Å²) in [5.41, 5.74) is 0.939. The highest BCUT2D eigenvalue weighted by atomic mass is 32.2. The van der Waals surface area contributed by atoms with Crippen LogP contribution in [0.3, 0.4) is 0 Å². The van der Waals surface area contributed by atoms with Crippen LogP contribution in [0.25, 0.3) is 10.8 Å². The Kier molecular flexibility index (Phi) is 2.69. The molecule has 22 heavy (non-hydrogen) atoms. The molecular formula is C16H13NO4S. The van der Waals surface area contributed by atoms with Crippen LogP contribution in [-0.2, 0) is 9.84 Å². The molecule has 1 atom stereocenters. The van der Waals surface area contributed by atoms with E-state index in [4.69, 9.17) is 0 Å². The Hall–Kier alpha value is -2.21. The first-order chi connectivity index (χ1) is 10.5. The number of hydrogen-bond donors (Lipinski definition) is 0. The lowest BCUT2D eigenvalue weighted by atomic mass is 9.93. The fraction of sp³-hybridized carbons (Fsp3) is 0.250. The van der Waals surface area contributed by atoms with E-state index in [0.29, 0.717) is 22.9 Å². The van der Waals surface area contributed by atoms with Crippen LogP contribution >= 0.6 is 0 Å². The standard InChI is InChI=1S/C16H13NO4S/c18-15-12-5-1-3-10-4-2-6-13(14(10)12)16(19)17(15)11-7-8-22(20,21)9-11/h1-6,11H,7-9H2. The van der Waals surface area contributed by atoms with Gasteiger partial charge in [-0.3, -0.25) is 14.5 Å². The van der Waals surface area contributed by atoms with Crippen molar-refractivity contribution in [2.45, 2.75) is 12.5 Å². The van der Waals surface area contributed by atoms with E-state index in [2.05, 4.69) is 0 Å². The van der Waals surface area contributed by atoms with E-state index in [-0.39, 0.29) is 11.5 Å². The van der Waals surface area contributed by atoms with Crippen LogP contribution in [0.5, 0.6) is 0 Å². The number of nitrogens with zero attached hydrogens (tertiary/aromatic N) is 1. The number of sulfone groups is 1. The third kappa shape index (κ3) is 1.80. The van der Waals surface area contributed by atoms with Crippen LogP contribution in [0.15, 0.2) is 36.4 Å². The topological polar surface area (TPSA) is 71.5 Å². The average Bonchev–Trinajstić information content (AvgIpc) is 2.84. The van der Waals surface area contributed by atoms with Crippen LogP contribution < -0.4 is 0 Å². The molecular weight excluding hydrogens is 302 g/mol. The molecule has 0 bridgehead atoms. The minimum atomic E-state index is -3.17. The van der Waals surface area contributed by atoms with Crippen LogP contribution in [0.2, 0.25) is 0 Å². The van der Waals surface area contributed by atoms with Crippen LogP contribution in [-0.4, -0.2) is 42.7 Å². The fourth-order valence-electron chi connectivity index (χ4n) is 3.36. The van der Waals surface area contributed by atoms with Crippen molar-refractivity contribution in [1.82, 2.24) is 4.90 Å². The van der Waals surface area contributed by atoms with Gasteiger partial charge in [-0.2, -0.15) is 0 Å². The van der Waals surface area contributed by atoms with Crippen LogP contribution in [0.1, 0.15) is 27.1 Å². The molecule has 2 aromatic rings. The summed E-state index contributed by atoms with van der Waals surface area (Å²) >= 11 is 0. The summed E-state index contributed by atoms with van der Waals surface area (Å²) < 4.78 is 23.4. The van der Waals surface area contributed by atoms with Gasteiger partial charge in [-0.1, -0.05) is 24.3 Å². The van der Waals surface area contributed by atoms with E-state index in [1.54, 1.807) is 24.3 Å². The number of carbonyl (C=O) groups is 2. The van der Waals surface area contributed by atoms with Gasteiger partial charge in [0.05, 0.1) is 17.5 Å². The zero-order valence-electron chi connectivity index (χ0n) is 11.7. The third-order valence-corrected chi connectivity index (χ3v) is 6.13. The molecule has 4 rings (SSSR count). The molecule has 2 aromatic carbocycles. The molecule has 0 aliphatic carbocycles. The Morgan fingerprint density at radius 3 is 2.05 bits per heavy atom. The Labute approximate surface area is 127 Å². The Balaban J connectivity index is 1.89. The minimum absolute atomic E-state index is 0.0283. The molecule has 0 aromatic heterocycles. The number of rotatable bonds is 1. The van der Waals surface area contributed by atoms with E-state index >= 15 is 0 Å². The molecule has 2 aliphatic rings. The van der Waals surface area contributed by atoms with Crippen LogP contribution in [0, 0.1) is 0 Å². The Morgan fingerprint density at radius 1 is 0.955 bits per heavy atom. The highest BCUT2D eigenvalue weighted by Gasteiger charge is 2.41. The lowest BCUT2D eigenvalue weighted by molar-refractivity contribution is 0.0556. The van der Waals surface area contributed by atoms with Gasteiger partial charge < -0.3 is 0 Å². The second-order valence-corrected chi connectivity index (χ2v) is 7.98. The zero-order valence-corrected chi connectivity index (χ0v) is 12.5. The summed E-state index contributed by atoms with van der Waals surface area (Å²) in [4.78, 5) is 26.6. The number of hydrogen-bond acceptors (Lipinski definition) is 4. The average molecular weight is 315 g/mol. The molecule has 0 N–H and O–H groups in total. The maximum absolute atomic E-state index is 12.7. The van der Waals surface area contributed by atoms with E-state index in [0.717, 1.165) is 10.3 Å². The van der Waals surface area contributed by atoms with Gasteiger partial charge in [-0.25, -0.2) is 8.42 Å². The largest absolute Gasteiger partial charge is 0.270 e. The number of amides is 2. The first kappa shape index (κ1) is 13.5. The van der Waals surface area contributed by atoms with Crippen molar-refractivity contribution in [2.24, 2.45) is 0 Å². The van der Waals surface area contributed by atoms with Gasteiger partial charge in [0.25, 0.3) is 11.8 Å². The van der Waals surface area contributed by atoms with Gasteiger partial charge in [-0.15, -0.1) is 0 Å². The molecule has 0 saturated carbocycles. The molecule has 1 unspecified atom stereocenters. The second-order valence-electron chi connectivity index (χ2n) is 5.75. The van der Waals surface area contributed by atoms with Crippen molar-refractivity contribution in [2.75, 3.05) is 11.5 Å². The summed E-state index contributed by atoms with van der Waals surface area (Å²) in [6.07, 6.45) is 0.317. The quantitative estimate of drug-likeness (QED) is 0.750. The Bertz CT molecular complexity index is 882. The minimum Gasteiger partial charge on any atom is -0.270 e. The van der Waals surface area contributed by atoms with Gasteiger partial charge in [0.1, 0.15) is 0 Å². The first-order valence-corrected chi connectivity index (χ1v) is 8.90. The molecule has 5 nitrogen and oxygen atoms in total. The SMILES string of the molecule is O=C1c2cccc3cccc(c23)C(=O)N1C1CCS(=O)(=O)C1. The molecule has 0 radical (unpaired) electrons. The highest BCUT2D eigenvalue weighted by Crippen LogP contribution is 2.32. The summed E-state index contributed by atoms with van der Waals surface area (Å²) in [7, 11) is -3.17. The predicted octanol–water partition coefficient (Wildman–Crippen LogP) is 1.62. The third-order valence-electron chi connectivity index (χ3n) is 4.38. The van der Waals surface area contributed by atoms with E-state index in [1.807, 2.05) is 12.1 Å². The van der Waals surface area contributed by atoms with Gasteiger partial charge >= 0.3 is 0 Å². The number of imide groups is 1. The normalized spacial score (nSPS) is 23.3. The van der Waals surface area contributed by atoms with Crippen LogP contribution in [0.4, 0.5) is 0 Å². The molecule has 112 valence electrons. The molecule has 1 fully saturated rings. The summed E-state index contributed by atoms with van der Waals surface area (Å²) in [6, 6.07) is 10.1. The highest BCUT2D eigenvalue weighted by molar-refractivity contribution is 7.91. The van der Waals surface area contributed by atoms with Crippen molar-refractivity contribution in [3.63, 3.8) is 0 Å². The molecule has 0 spiro atoms. The van der Waals surface area contributed by atoms with Crippen molar-refractivity contribution in [3.8, 4) is 0 Å². The Morgan fingerprint density at radius 2 is 1.55 bits per heavy atom. The first-order valence-electron chi connectivity index (χ1n) is 7.08. The molecule has 1 saturated heterocycles. The summed E-state index contributed by atoms with van der Waals surface area (Å²) in [5.74, 6) is -0.892. The van der Waals surface area contributed by atoms with Crippen molar-refractivity contribution < 1.29 is 18.0 Å². The summed E-state index contributed by atoms with van der Waals surface area (Å²) in [5, 5.41) is 1.51. The molecule has 2 aliphatic heterocycles. The lowest BCUT2D eigenvalue weighted by Crippen LogP contribution is -2.47. The number of carbonyl (C=O) groups excluding carboxylic acids is 2. The number of benzene rings is 2. The van der Waals surface area contributed by atoms with Gasteiger partial charge in [-0.05, 0) is 23.9 Å². The second kappa shape index (κ2) is 4.39. The van der Waals surface area contributed by atoms with E-state index < -0.39 is 27.7 Å². The van der Waals surface area contributed by atoms with Crippen molar-refractivity contribution >= 4 is 32.4 Å². The molecule has 2 amide bonds. The van der Waals surface area contributed by atoms with E-state index in [9.17, 15) is 18.0 Å². The maximum Gasteiger partial charge on any atom is 0.261 e.